The molecule has 1 aromatic heterocycles. The molecule has 0 aliphatic carbocycles. The Bertz CT molecular complexity index is 551. The average molecular weight is 275 g/mol. The van der Waals surface area contributed by atoms with Gasteiger partial charge < -0.3 is 4.74 Å². The third-order valence-corrected chi connectivity index (χ3v) is 3.14. The lowest BCUT2D eigenvalue weighted by Crippen LogP contribution is -2.06. The molecule has 0 aliphatic rings. The van der Waals surface area contributed by atoms with Gasteiger partial charge >= 0.3 is 0 Å². The number of para-hydroxylation sites is 1. The molecule has 100 valence electrons. The van der Waals surface area contributed by atoms with Crippen LogP contribution in [-0.4, -0.2) is 27.0 Å². The molecular formula is C14H17N3OS. The Morgan fingerprint density at radius 1 is 1.42 bits per heavy atom. The monoisotopic (exact) mass is 275 g/mol. The summed E-state index contributed by atoms with van der Waals surface area (Å²) < 4.78 is 5.78. The van der Waals surface area contributed by atoms with Gasteiger partial charge in [-0.05, 0) is 26.0 Å². The van der Waals surface area contributed by atoms with Gasteiger partial charge in [0.1, 0.15) is 5.75 Å². The summed E-state index contributed by atoms with van der Waals surface area (Å²) in [4.78, 5) is 4.45. The van der Waals surface area contributed by atoms with Crippen molar-refractivity contribution in [3.8, 4) is 17.1 Å². The Labute approximate surface area is 117 Å². The molecule has 5 heteroatoms. The van der Waals surface area contributed by atoms with Crippen LogP contribution < -0.4 is 4.74 Å². The van der Waals surface area contributed by atoms with E-state index in [0.29, 0.717) is 5.16 Å². The van der Waals surface area contributed by atoms with E-state index in [1.165, 1.54) is 0 Å². The van der Waals surface area contributed by atoms with E-state index in [2.05, 4.69) is 21.8 Å². The van der Waals surface area contributed by atoms with Gasteiger partial charge in [-0.2, -0.15) is 0 Å². The number of nitrogens with zero attached hydrogens (tertiary/aromatic N) is 2. The fourth-order valence-electron chi connectivity index (χ4n) is 1.58. The second-order valence-corrected chi connectivity index (χ2v) is 5.22. The first-order valence-corrected chi connectivity index (χ1v) is 7.11. The maximum Gasteiger partial charge on any atom is 0.209 e. The highest BCUT2D eigenvalue weighted by atomic mass is 32.2. The molecule has 0 saturated heterocycles. The van der Waals surface area contributed by atoms with Crippen LogP contribution in [0.25, 0.3) is 11.4 Å². The Morgan fingerprint density at radius 3 is 2.95 bits per heavy atom. The van der Waals surface area contributed by atoms with E-state index in [4.69, 9.17) is 4.74 Å². The SMILES string of the molecule is C=CCSc1n[nH]c(-c2ccccc2OC(C)C)n1. The molecule has 0 aliphatic heterocycles. The van der Waals surface area contributed by atoms with E-state index < -0.39 is 0 Å². The van der Waals surface area contributed by atoms with Crippen molar-refractivity contribution in [2.24, 2.45) is 0 Å². The van der Waals surface area contributed by atoms with Crippen LogP contribution in [0.4, 0.5) is 0 Å². The minimum absolute atomic E-state index is 0.124. The van der Waals surface area contributed by atoms with Crippen molar-refractivity contribution in [2.75, 3.05) is 5.75 Å². The third-order valence-electron chi connectivity index (χ3n) is 2.30. The number of benzene rings is 1. The molecule has 1 aromatic carbocycles. The zero-order valence-corrected chi connectivity index (χ0v) is 11.9. The van der Waals surface area contributed by atoms with Crippen molar-refractivity contribution >= 4 is 11.8 Å². The maximum atomic E-state index is 5.78. The summed E-state index contributed by atoms with van der Waals surface area (Å²) in [6, 6.07) is 7.82. The normalized spacial score (nSPS) is 10.7. The van der Waals surface area contributed by atoms with Gasteiger partial charge in [-0.1, -0.05) is 30.0 Å². The number of thioether (sulfide) groups is 1. The van der Waals surface area contributed by atoms with Crippen molar-refractivity contribution in [1.29, 1.82) is 0 Å². The van der Waals surface area contributed by atoms with Gasteiger partial charge in [0.05, 0.1) is 11.7 Å². The van der Waals surface area contributed by atoms with Crippen molar-refractivity contribution in [1.82, 2.24) is 15.2 Å². The fourth-order valence-corrected chi connectivity index (χ4v) is 2.12. The van der Waals surface area contributed by atoms with E-state index in [1.54, 1.807) is 11.8 Å². The number of aromatic amines is 1. The Kier molecular flexibility index (Phi) is 4.63. The summed E-state index contributed by atoms with van der Waals surface area (Å²) in [6.45, 7) is 7.69. The number of nitrogens with one attached hydrogen (secondary N) is 1. The summed E-state index contributed by atoms with van der Waals surface area (Å²) >= 11 is 1.54. The van der Waals surface area contributed by atoms with Crippen LogP contribution in [0, 0.1) is 0 Å². The molecule has 0 radical (unpaired) electrons. The van der Waals surface area contributed by atoms with Crippen LogP contribution in [-0.2, 0) is 0 Å². The second-order valence-electron chi connectivity index (χ2n) is 4.23. The molecule has 1 N–H and O–H groups in total. The topological polar surface area (TPSA) is 50.8 Å². The smallest absolute Gasteiger partial charge is 0.209 e. The van der Waals surface area contributed by atoms with Gasteiger partial charge in [0.15, 0.2) is 5.82 Å². The zero-order chi connectivity index (χ0) is 13.7. The molecule has 0 spiro atoms. The molecule has 1 heterocycles. The molecule has 0 fully saturated rings. The zero-order valence-electron chi connectivity index (χ0n) is 11.1. The quantitative estimate of drug-likeness (QED) is 0.647. The number of hydrogen-bond acceptors (Lipinski definition) is 4. The molecule has 19 heavy (non-hydrogen) atoms. The summed E-state index contributed by atoms with van der Waals surface area (Å²) in [5, 5.41) is 7.84. The average Bonchev–Trinajstić information content (AvgIpc) is 2.85. The molecule has 0 bridgehead atoms. The van der Waals surface area contributed by atoms with Crippen molar-refractivity contribution in [3.05, 3.63) is 36.9 Å². The molecule has 0 amide bonds. The summed E-state index contributed by atoms with van der Waals surface area (Å²) in [5.41, 5.74) is 0.925. The number of hydrogen-bond donors (Lipinski definition) is 1. The lowest BCUT2D eigenvalue weighted by molar-refractivity contribution is 0.243. The number of rotatable bonds is 6. The molecular weight excluding hydrogens is 258 g/mol. The van der Waals surface area contributed by atoms with Crippen LogP contribution in [0.15, 0.2) is 42.1 Å². The highest BCUT2D eigenvalue weighted by Crippen LogP contribution is 2.29. The Morgan fingerprint density at radius 2 is 2.21 bits per heavy atom. The predicted octanol–water partition coefficient (Wildman–Crippen LogP) is 3.54. The Hall–Kier alpha value is -1.75. The third kappa shape index (κ3) is 3.61. The minimum atomic E-state index is 0.124. The molecule has 4 nitrogen and oxygen atoms in total. The molecule has 2 rings (SSSR count). The fraction of sp³-hybridized carbons (Fsp3) is 0.286. The van der Waals surface area contributed by atoms with Crippen molar-refractivity contribution in [3.63, 3.8) is 0 Å². The van der Waals surface area contributed by atoms with Crippen LogP contribution in [0.3, 0.4) is 0 Å². The van der Waals surface area contributed by atoms with Crippen LogP contribution >= 0.6 is 11.8 Å². The lowest BCUT2D eigenvalue weighted by Gasteiger charge is -2.12. The number of H-pyrrole nitrogens is 1. The van der Waals surface area contributed by atoms with Gasteiger partial charge in [0.25, 0.3) is 0 Å². The van der Waals surface area contributed by atoms with Crippen LogP contribution in [0.1, 0.15) is 13.8 Å². The predicted molar refractivity (Wildman–Crippen MR) is 78.5 cm³/mol. The van der Waals surface area contributed by atoms with Crippen molar-refractivity contribution < 1.29 is 4.74 Å². The largest absolute Gasteiger partial charge is 0.490 e. The van der Waals surface area contributed by atoms with Crippen molar-refractivity contribution in [2.45, 2.75) is 25.1 Å². The van der Waals surface area contributed by atoms with E-state index in [0.717, 1.165) is 22.9 Å². The minimum Gasteiger partial charge on any atom is -0.490 e. The highest BCUT2D eigenvalue weighted by Gasteiger charge is 2.11. The molecule has 0 saturated carbocycles. The van der Waals surface area contributed by atoms with Gasteiger partial charge in [-0.3, -0.25) is 5.10 Å². The summed E-state index contributed by atoms with van der Waals surface area (Å²) in [5.74, 6) is 2.33. The van der Waals surface area contributed by atoms with Crippen LogP contribution in [0.2, 0.25) is 0 Å². The highest BCUT2D eigenvalue weighted by molar-refractivity contribution is 7.99. The number of aromatic nitrogens is 3. The van der Waals surface area contributed by atoms with E-state index in [1.807, 2.05) is 44.2 Å². The molecule has 2 aromatic rings. The van der Waals surface area contributed by atoms with Crippen LogP contribution in [0.5, 0.6) is 5.75 Å². The Balaban J connectivity index is 2.25. The summed E-state index contributed by atoms with van der Waals surface area (Å²) in [6.07, 6.45) is 1.95. The second kappa shape index (κ2) is 6.43. The maximum absolute atomic E-state index is 5.78. The van der Waals surface area contributed by atoms with E-state index in [-0.39, 0.29) is 6.10 Å². The summed E-state index contributed by atoms with van der Waals surface area (Å²) in [7, 11) is 0. The van der Waals surface area contributed by atoms with Gasteiger partial charge in [0.2, 0.25) is 5.16 Å². The van der Waals surface area contributed by atoms with E-state index in [9.17, 15) is 0 Å². The van der Waals surface area contributed by atoms with Gasteiger partial charge in [-0.25, -0.2) is 4.98 Å². The van der Waals surface area contributed by atoms with E-state index >= 15 is 0 Å². The first-order chi connectivity index (χ1) is 9.20. The molecule has 0 unspecified atom stereocenters. The van der Waals surface area contributed by atoms with Gasteiger partial charge in [-0.15, -0.1) is 11.7 Å². The first-order valence-electron chi connectivity index (χ1n) is 6.13. The lowest BCUT2D eigenvalue weighted by atomic mass is 10.2. The number of ether oxygens (including phenoxy) is 1. The first kappa shape index (κ1) is 13.7. The standard InChI is InChI=1S/C14H17N3OS/c1-4-9-19-14-15-13(16-17-14)11-7-5-6-8-12(11)18-10(2)3/h4-8,10H,1,9H2,2-3H3,(H,15,16,17). The molecule has 0 atom stereocenters. The van der Waals surface area contributed by atoms with Gasteiger partial charge in [0, 0.05) is 5.75 Å².